The van der Waals surface area contributed by atoms with Gasteiger partial charge in [-0.1, -0.05) is 18.2 Å². The van der Waals surface area contributed by atoms with Crippen molar-refractivity contribution < 1.29 is 9.90 Å². The molecule has 4 aromatic rings. The van der Waals surface area contributed by atoms with E-state index in [9.17, 15) is 9.90 Å². The number of aryl methyl sites for hydroxylation is 2. The predicted octanol–water partition coefficient (Wildman–Crippen LogP) is 4.73. The van der Waals surface area contributed by atoms with Crippen LogP contribution in [-0.2, 0) is 7.05 Å². The number of amides is 1. The fraction of sp³-hybridized carbons (Fsp3) is 0.292. The lowest BCUT2D eigenvalue weighted by Crippen LogP contribution is -2.38. The smallest absolute Gasteiger partial charge is 0.254 e. The van der Waals surface area contributed by atoms with E-state index in [2.05, 4.69) is 5.10 Å². The molecule has 4 heterocycles. The Bertz CT molecular complexity index is 1240. The van der Waals surface area contributed by atoms with Crippen molar-refractivity contribution in [1.29, 1.82) is 0 Å². The topological polar surface area (TPSA) is 71.2 Å². The number of piperidine rings is 1. The zero-order valence-electron chi connectivity index (χ0n) is 17.6. The molecule has 1 aromatic carbocycles. The van der Waals surface area contributed by atoms with Gasteiger partial charge in [0.05, 0.1) is 27.2 Å². The number of carbonyl (C=O) groups is 1. The predicted molar refractivity (Wildman–Crippen MR) is 123 cm³/mol. The molecule has 6 nitrogen and oxygen atoms in total. The number of likely N-dealkylation sites (tertiary alicyclic amines) is 1. The normalized spacial score (nSPS) is 15.0. The number of hydrogen-bond donors (Lipinski definition) is 1. The third-order valence-electron chi connectivity index (χ3n) is 6.12. The van der Waals surface area contributed by atoms with Crippen molar-refractivity contribution in [3.8, 4) is 16.3 Å². The van der Waals surface area contributed by atoms with Gasteiger partial charge in [-0.15, -0.1) is 11.3 Å². The van der Waals surface area contributed by atoms with Crippen LogP contribution in [0.5, 0.6) is 5.75 Å². The first-order chi connectivity index (χ1) is 15.0. The summed E-state index contributed by atoms with van der Waals surface area (Å²) in [6.07, 6.45) is 1.82. The highest BCUT2D eigenvalue weighted by Gasteiger charge is 2.27. The standard InChI is InChI=1S/C24H24N4O2S/c1-15-22-19(14-20(21-4-3-13-31-21)25-23(22)27(2)26-15)24(30)28-11-9-17(10-12-28)16-5-7-18(29)8-6-16/h3-8,13-14,17,29H,9-12H2,1-2H3. The molecule has 0 saturated carbocycles. The van der Waals surface area contributed by atoms with Gasteiger partial charge in [-0.3, -0.25) is 9.48 Å². The molecule has 1 fully saturated rings. The molecule has 7 heteroatoms. The van der Waals surface area contributed by atoms with Crippen molar-refractivity contribution in [2.45, 2.75) is 25.7 Å². The fourth-order valence-corrected chi connectivity index (χ4v) is 5.18. The van der Waals surface area contributed by atoms with E-state index in [1.54, 1.807) is 28.2 Å². The molecule has 1 amide bonds. The molecule has 0 atom stereocenters. The molecule has 1 N–H and O–H groups in total. The zero-order valence-corrected chi connectivity index (χ0v) is 18.4. The molecule has 0 radical (unpaired) electrons. The highest BCUT2D eigenvalue weighted by molar-refractivity contribution is 7.13. The number of hydrogen-bond acceptors (Lipinski definition) is 5. The van der Waals surface area contributed by atoms with E-state index in [0.717, 1.165) is 40.1 Å². The van der Waals surface area contributed by atoms with Crippen molar-refractivity contribution in [2.75, 3.05) is 13.1 Å². The van der Waals surface area contributed by atoms with Gasteiger partial charge in [-0.05, 0) is 60.9 Å². The number of carbonyl (C=O) groups excluding carboxylic acids is 1. The van der Waals surface area contributed by atoms with Crippen LogP contribution in [0.1, 0.15) is 40.4 Å². The highest BCUT2D eigenvalue weighted by atomic mass is 32.1. The van der Waals surface area contributed by atoms with Crippen LogP contribution in [0.15, 0.2) is 47.8 Å². The lowest BCUT2D eigenvalue weighted by Gasteiger charge is -2.32. The van der Waals surface area contributed by atoms with Gasteiger partial charge in [0, 0.05) is 20.1 Å². The van der Waals surface area contributed by atoms with Gasteiger partial charge in [0.1, 0.15) is 5.75 Å². The minimum absolute atomic E-state index is 0.0467. The Kier molecular flexibility index (Phi) is 4.98. The van der Waals surface area contributed by atoms with Crippen LogP contribution in [0.25, 0.3) is 21.6 Å². The third kappa shape index (κ3) is 3.59. The second-order valence-electron chi connectivity index (χ2n) is 8.10. The number of rotatable bonds is 3. The van der Waals surface area contributed by atoms with Gasteiger partial charge < -0.3 is 10.0 Å². The molecule has 1 saturated heterocycles. The third-order valence-corrected chi connectivity index (χ3v) is 7.01. The van der Waals surface area contributed by atoms with Gasteiger partial charge in [-0.2, -0.15) is 5.10 Å². The molecule has 0 bridgehead atoms. The molecule has 0 aliphatic carbocycles. The van der Waals surface area contributed by atoms with Crippen molar-refractivity contribution in [2.24, 2.45) is 7.05 Å². The Hall–Kier alpha value is -3.19. The summed E-state index contributed by atoms with van der Waals surface area (Å²) in [4.78, 5) is 21.4. The van der Waals surface area contributed by atoms with Gasteiger partial charge in [0.2, 0.25) is 0 Å². The van der Waals surface area contributed by atoms with E-state index in [-0.39, 0.29) is 11.7 Å². The number of pyridine rings is 1. The number of phenols is 1. The van der Waals surface area contributed by atoms with Gasteiger partial charge in [0.25, 0.3) is 5.91 Å². The maximum Gasteiger partial charge on any atom is 0.254 e. The number of phenolic OH excluding ortho intramolecular Hbond substituents is 1. The number of thiophene rings is 1. The molecular formula is C24H24N4O2S. The first kappa shape index (κ1) is 19.8. The van der Waals surface area contributed by atoms with Crippen LogP contribution >= 0.6 is 11.3 Å². The Morgan fingerprint density at radius 1 is 1.16 bits per heavy atom. The fourth-order valence-electron chi connectivity index (χ4n) is 4.50. The Labute approximate surface area is 184 Å². The first-order valence-corrected chi connectivity index (χ1v) is 11.4. The summed E-state index contributed by atoms with van der Waals surface area (Å²) >= 11 is 1.62. The molecule has 1 aliphatic heterocycles. The van der Waals surface area contributed by atoms with E-state index >= 15 is 0 Å². The summed E-state index contributed by atoms with van der Waals surface area (Å²) in [5, 5.41) is 16.9. The Morgan fingerprint density at radius 3 is 2.58 bits per heavy atom. The summed E-state index contributed by atoms with van der Waals surface area (Å²) in [5.41, 5.74) is 4.28. The largest absolute Gasteiger partial charge is 0.508 e. The van der Waals surface area contributed by atoms with Crippen LogP contribution in [0.2, 0.25) is 0 Å². The number of aromatic nitrogens is 3. The van der Waals surface area contributed by atoms with Crippen LogP contribution in [-0.4, -0.2) is 43.8 Å². The second kappa shape index (κ2) is 7.81. The maximum atomic E-state index is 13.6. The van der Waals surface area contributed by atoms with Gasteiger partial charge >= 0.3 is 0 Å². The van der Waals surface area contributed by atoms with E-state index in [1.165, 1.54) is 5.56 Å². The zero-order chi connectivity index (χ0) is 21.5. The molecule has 0 spiro atoms. The minimum Gasteiger partial charge on any atom is -0.508 e. The van der Waals surface area contributed by atoms with Crippen LogP contribution in [0.3, 0.4) is 0 Å². The maximum absolute atomic E-state index is 13.6. The molecule has 158 valence electrons. The molecule has 31 heavy (non-hydrogen) atoms. The van der Waals surface area contributed by atoms with Gasteiger partial charge in [-0.25, -0.2) is 4.98 Å². The SMILES string of the molecule is Cc1nn(C)c2nc(-c3cccs3)cc(C(=O)N3CCC(c4ccc(O)cc4)CC3)c12. The Morgan fingerprint density at radius 2 is 1.90 bits per heavy atom. The number of benzene rings is 1. The van der Waals surface area contributed by atoms with E-state index in [4.69, 9.17) is 4.98 Å². The molecule has 3 aromatic heterocycles. The average molecular weight is 433 g/mol. The average Bonchev–Trinajstić information content (AvgIpc) is 3.42. The van der Waals surface area contributed by atoms with Crippen molar-refractivity contribution in [3.05, 3.63) is 64.7 Å². The van der Waals surface area contributed by atoms with E-state index in [0.29, 0.717) is 24.6 Å². The quantitative estimate of drug-likeness (QED) is 0.508. The van der Waals surface area contributed by atoms with Crippen molar-refractivity contribution in [1.82, 2.24) is 19.7 Å². The Balaban J connectivity index is 1.45. The van der Waals surface area contributed by atoms with Crippen LogP contribution < -0.4 is 0 Å². The summed E-state index contributed by atoms with van der Waals surface area (Å²) in [6, 6.07) is 13.4. The van der Waals surface area contributed by atoms with Crippen LogP contribution in [0, 0.1) is 6.92 Å². The molecule has 1 aliphatic rings. The number of nitrogens with zero attached hydrogens (tertiary/aromatic N) is 4. The molecule has 0 unspecified atom stereocenters. The van der Waals surface area contributed by atoms with Gasteiger partial charge in [0.15, 0.2) is 5.65 Å². The number of aromatic hydroxyl groups is 1. The first-order valence-electron chi connectivity index (χ1n) is 10.5. The van der Waals surface area contributed by atoms with E-state index in [1.807, 2.05) is 54.6 Å². The summed E-state index contributed by atoms with van der Waals surface area (Å²) in [5.74, 6) is 0.737. The van der Waals surface area contributed by atoms with Crippen molar-refractivity contribution in [3.63, 3.8) is 0 Å². The molecular weight excluding hydrogens is 408 g/mol. The highest BCUT2D eigenvalue weighted by Crippen LogP contribution is 2.33. The summed E-state index contributed by atoms with van der Waals surface area (Å²) in [6.45, 7) is 3.35. The van der Waals surface area contributed by atoms with E-state index < -0.39 is 0 Å². The minimum atomic E-state index is 0.0467. The molecule has 5 rings (SSSR count). The monoisotopic (exact) mass is 432 g/mol. The number of fused-ring (bicyclic) bond motifs is 1. The van der Waals surface area contributed by atoms with Crippen LogP contribution in [0.4, 0.5) is 0 Å². The summed E-state index contributed by atoms with van der Waals surface area (Å²) in [7, 11) is 1.87. The van der Waals surface area contributed by atoms with Crippen molar-refractivity contribution >= 4 is 28.3 Å². The lowest BCUT2D eigenvalue weighted by atomic mass is 9.89. The second-order valence-corrected chi connectivity index (χ2v) is 9.05. The summed E-state index contributed by atoms with van der Waals surface area (Å²) < 4.78 is 1.76. The lowest BCUT2D eigenvalue weighted by molar-refractivity contribution is 0.0715.